The Labute approximate surface area is 123 Å². The van der Waals surface area contributed by atoms with Crippen molar-refractivity contribution < 1.29 is 4.79 Å². The molecule has 1 amide bonds. The first-order valence-corrected chi connectivity index (χ1v) is 7.28. The molecular weight excluding hydrogens is 283 g/mol. The second kappa shape index (κ2) is 6.60. The second-order valence-electron chi connectivity index (χ2n) is 5.03. The Kier molecular flexibility index (Phi) is 5.08. The van der Waals surface area contributed by atoms with Crippen molar-refractivity contribution in [2.45, 2.75) is 38.3 Å². The molecule has 1 aromatic carbocycles. The van der Waals surface area contributed by atoms with Crippen LogP contribution in [0, 0.1) is 0 Å². The summed E-state index contributed by atoms with van der Waals surface area (Å²) >= 11 is 12.1. The van der Waals surface area contributed by atoms with E-state index in [0.717, 1.165) is 37.9 Å². The lowest BCUT2D eigenvalue weighted by Crippen LogP contribution is -2.41. The number of hydrogen-bond acceptors (Lipinski definition) is 2. The first-order chi connectivity index (χ1) is 9.06. The summed E-state index contributed by atoms with van der Waals surface area (Å²) in [6, 6.07) is 5.78. The maximum atomic E-state index is 11.1. The Morgan fingerprint density at radius 2 is 2.16 bits per heavy atom. The van der Waals surface area contributed by atoms with Crippen LogP contribution in [0.25, 0.3) is 0 Å². The minimum atomic E-state index is -0.237. The summed E-state index contributed by atoms with van der Waals surface area (Å²) in [6.45, 7) is 1.73. The van der Waals surface area contributed by atoms with E-state index in [0.29, 0.717) is 16.5 Å². The van der Waals surface area contributed by atoms with Crippen LogP contribution in [0.2, 0.25) is 10.0 Å². The second-order valence-corrected chi connectivity index (χ2v) is 5.87. The summed E-state index contributed by atoms with van der Waals surface area (Å²) in [5.41, 5.74) is 6.36. The van der Waals surface area contributed by atoms with Crippen molar-refractivity contribution in [2.24, 2.45) is 5.73 Å². The quantitative estimate of drug-likeness (QED) is 0.928. The van der Waals surface area contributed by atoms with E-state index in [2.05, 4.69) is 4.90 Å². The number of carbonyl (C=O) groups excluding carboxylic acids is 1. The average Bonchev–Trinajstić information content (AvgIpc) is 2.34. The Morgan fingerprint density at radius 3 is 2.84 bits per heavy atom. The lowest BCUT2D eigenvalue weighted by atomic mass is 9.98. The smallest absolute Gasteiger partial charge is 0.218 e. The number of halogens is 2. The lowest BCUT2D eigenvalue weighted by molar-refractivity contribution is -0.119. The van der Waals surface area contributed by atoms with Gasteiger partial charge in [0.2, 0.25) is 5.91 Å². The summed E-state index contributed by atoms with van der Waals surface area (Å²) in [7, 11) is 0. The van der Waals surface area contributed by atoms with Crippen molar-refractivity contribution in [1.82, 2.24) is 4.90 Å². The number of rotatable bonds is 4. The van der Waals surface area contributed by atoms with Crippen LogP contribution >= 0.6 is 23.2 Å². The van der Waals surface area contributed by atoms with Crippen molar-refractivity contribution in [3.63, 3.8) is 0 Å². The lowest BCUT2D eigenvalue weighted by Gasteiger charge is -2.35. The summed E-state index contributed by atoms with van der Waals surface area (Å²) < 4.78 is 0. The van der Waals surface area contributed by atoms with Gasteiger partial charge in [-0.05, 0) is 37.1 Å². The van der Waals surface area contributed by atoms with Crippen LogP contribution in [0.1, 0.15) is 31.2 Å². The van der Waals surface area contributed by atoms with Crippen LogP contribution in [-0.2, 0) is 11.3 Å². The van der Waals surface area contributed by atoms with Crippen LogP contribution in [0.15, 0.2) is 18.2 Å². The molecule has 2 rings (SSSR count). The van der Waals surface area contributed by atoms with Crippen molar-refractivity contribution >= 4 is 29.1 Å². The van der Waals surface area contributed by atoms with E-state index in [1.807, 2.05) is 12.1 Å². The Morgan fingerprint density at radius 1 is 1.37 bits per heavy atom. The summed E-state index contributed by atoms with van der Waals surface area (Å²) in [4.78, 5) is 13.4. The van der Waals surface area contributed by atoms with Gasteiger partial charge in [-0.2, -0.15) is 0 Å². The topological polar surface area (TPSA) is 46.3 Å². The molecule has 19 heavy (non-hydrogen) atoms. The minimum absolute atomic E-state index is 0.234. The van der Waals surface area contributed by atoms with E-state index in [-0.39, 0.29) is 11.9 Å². The van der Waals surface area contributed by atoms with Crippen LogP contribution in [-0.4, -0.2) is 23.4 Å². The standard InChI is InChI=1S/C14H18Cl2N2O/c15-11-5-4-10(13(16)7-11)9-18-6-2-1-3-12(18)8-14(17)19/h4-5,7,12H,1-3,6,8-9H2,(H2,17,19). The molecule has 0 saturated carbocycles. The van der Waals surface area contributed by atoms with Crippen LogP contribution in [0.4, 0.5) is 0 Å². The molecule has 0 aromatic heterocycles. The predicted molar refractivity (Wildman–Crippen MR) is 78.3 cm³/mol. The van der Waals surface area contributed by atoms with Crippen molar-refractivity contribution in [3.8, 4) is 0 Å². The Balaban J connectivity index is 2.08. The summed E-state index contributed by atoms with van der Waals surface area (Å²) in [5.74, 6) is -0.237. The SMILES string of the molecule is NC(=O)CC1CCCCN1Cc1ccc(Cl)cc1Cl. The minimum Gasteiger partial charge on any atom is -0.370 e. The zero-order valence-electron chi connectivity index (χ0n) is 10.7. The molecule has 1 atom stereocenters. The van der Waals surface area contributed by atoms with E-state index >= 15 is 0 Å². The van der Waals surface area contributed by atoms with Crippen LogP contribution < -0.4 is 5.73 Å². The number of nitrogens with zero attached hydrogens (tertiary/aromatic N) is 1. The molecule has 0 aliphatic carbocycles. The normalized spacial score (nSPS) is 20.4. The highest BCUT2D eigenvalue weighted by Gasteiger charge is 2.24. The molecule has 104 valence electrons. The van der Waals surface area contributed by atoms with E-state index in [4.69, 9.17) is 28.9 Å². The highest BCUT2D eigenvalue weighted by Crippen LogP contribution is 2.26. The van der Waals surface area contributed by atoms with Gasteiger partial charge in [0.1, 0.15) is 0 Å². The molecular formula is C14H18Cl2N2O. The Bertz CT molecular complexity index is 465. The number of primary amides is 1. The van der Waals surface area contributed by atoms with Gasteiger partial charge in [0.25, 0.3) is 0 Å². The molecule has 1 aromatic rings. The number of likely N-dealkylation sites (tertiary alicyclic amines) is 1. The van der Waals surface area contributed by atoms with Gasteiger partial charge in [-0.1, -0.05) is 35.7 Å². The number of hydrogen-bond donors (Lipinski definition) is 1. The molecule has 1 saturated heterocycles. The largest absolute Gasteiger partial charge is 0.370 e. The van der Waals surface area contributed by atoms with E-state index in [9.17, 15) is 4.79 Å². The number of piperidine rings is 1. The molecule has 3 nitrogen and oxygen atoms in total. The highest BCUT2D eigenvalue weighted by atomic mass is 35.5. The zero-order valence-corrected chi connectivity index (χ0v) is 12.3. The van der Waals surface area contributed by atoms with Gasteiger partial charge in [-0.25, -0.2) is 0 Å². The molecule has 1 aliphatic rings. The van der Waals surface area contributed by atoms with Gasteiger partial charge >= 0.3 is 0 Å². The Hall–Kier alpha value is -0.770. The van der Waals surface area contributed by atoms with Gasteiger partial charge < -0.3 is 5.73 Å². The van der Waals surface area contributed by atoms with Gasteiger partial charge in [0.15, 0.2) is 0 Å². The molecule has 0 bridgehead atoms. The third kappa shape index (κ3) is 4.10. The predicted octanol–water partition coefficient (Wildman–Crippen LogP) is 3.22. The maximum absolute atomic E-state index is 11.1. The van der Waals surface area contributed by atoms with E-state index in [1.165, 1.54) is 0 Å². The highest BCUT2D eigenvalue weighted by molar-refractivity contribution is 6.35. The van der Waals surface area contributed by atoms with Gasteiger partial charge in [-0.3, -0.25) is 9.69 Å². The molecule has 0 radical (unpaired) electrons. The van der Waals surface area contributed by atoms with Crippen molar-refractivity contribution in [1.29, 1.82) is 0 Å². The fourth-order valence-electron chi connectivity index (χ4n) is 2.60. The number of carbonyl (C=O) groups is 1. The molecule has 1 unspecified atom stereocenters. The molecule has 1 aliphatic heterocycles. The first-order valence-electron chi connectivity index (χ1n) is 6.52. The van der Waals surface area contributed by atoms with Crippen LogP contribution in [0.5, 0.6) is 0 Å². The number of amides is 1. The fraction of sp³-hybridized carbons (Fsp3) is 0.500. The van der Waals surface area contributed by atoms with Crippen molar-refractivity contribution in [3.05, 3.63) is 33.8 Å². The summed E-state index contributed by atoms with van der Waals surface area (Å²) in [5, 5.41) is 1.32. The molecule has 0 spiro atoms. The van der Waals surface area contributed by atoms with Gasteiger partial charge in [-0.15, -0.1) is 0 Å². The molecule has 5 heteroatoms. The maximum Gasteiger partial charge on any atom is 0.218 e. The summed E-state index contributed by atoms with van der Waals surface area (Å²) in [6.07, 6.45) is 3.75. The number of nitrogens with two attached hydrogens (primary N) is 1. The third-order valence-corrected chi connectivity index (χ3v) is 4.16. The fourth-order valence-corrected chi connectivity index (χ4v) is 3.07. The van der Waals surface area contributed by atoms with E-state index < -0.39 is 0 Å². The van der Waals surface area contributed by atoms with Gasteiger partial charge in [0.05, 0.1) is 0 Å². The van der Waals surface area contributed by atoms with E-state index in [1.54, 1.807) is 6.07 Å². The average molecular weight is 301 g/mol. The molecule has 1 fully saturated rings. The van der Waals surface area contributed by atoms with Gasteiger partial charge in [0, 0.05) is 29.1 Å². The third-order valence-electron chi connectivity index (χ3n) is 3.57. The molecule has 1 heterocycles. The van der Waals surface area contributed by atoms with Crippen LogP contribution in [0.3, 0.4) is 0 Å². The van der Waals surface area contributed by atoms with Crippen molar-refractivity contribution in [2.75, 3.05) is 6.54 Å². The number of benzene rings is 1. The zero-order chi connectivity index (χ0) is 13.8. The first kappa shape index (κ1) is 14.6. The monoisotopic (exact) mass is 300 g/mol. The molecule has 2 N–H and O–H groups in total.